The Kier molecular flexibility index (Phi) is 6.02. The van der Waals surface area contributed by atoms with Crippen LogP contribution in [0.25, 0.3) is 0 Å². The molecular weight excluding hydrogens is 266 g/mol. The molecule has 2 rings (SSSR count). The third-order valence-electron chi connectivity index (χ3n) is 3.80. The topological polar surface area (TPSA) is 67.6 Å². The SMILES string of the molecule is Cc1ccc(N)cc1C(=O)NCCCCN1CCOCC1. The van der Waals surface area contributed by atoms with E-state index in [1.54, 1.807) is 6.07 Å². The van der Waals surface area contributed by atoms with Crippen LogP contribution in [-0.2, 0) is 4.74 Å². The zero-order chi connectivity index (χ0) is 15.1. The maximum Gasteiger partial charge on any atom is 0.251 e. The van der Waals surface area contributed by atoms with Crippen LogP contribution < -0.4 is 11.1 Å². The van der Waals surface area contributed by atoms with E-state index >= 15 is 0 Å². The van der Waals surface area contributed by atoms with Crippen LogP contribution >= 0.6 is 0 Å². The molecule has 5 nitrogen and oxygen atoms in total. The summed E-state index contributed by atoms with van der Waals surface area (Å²) in [5.74, 6) is -0.0360. The number of carbonyl (C=O) groups excluding carboxylic acids is 1. The van der Waals surface area contributed by atoms with Crippen molar-refractivity contribution in [2.75, 3.05) is 45.1 Å². The summed E-state index contributed by atoms with van der Waals surface area (Å²) in [4.78, 5) is 14.5. The minimum Gasteiger partial charge on any atom is -0.399 e. The summed E-state index contributed by atoms with van der Waals surface area (Å²) >= 11 is 0. The number of carbonyl (C=O) groups is 1. The Labute approximate surface area is 126 Å². The number of morpholine rings is 1. The molecule has 0 radical (unpaired) electrons. The highest BCUT2D eigenvalue weighted by Gasteiger charge is 2.10. The zero-order valence-electron chi connectivity index (χ0n) is 12.7. The van der Waals surface area contributed by atoms with E-state index in [1.807, 2.05) is 19.1 Å². The van der Waals surface area contributed by atoms with Crippen molar-refractivity contribution < 1.29 is 9.53 Å². The second-order valence-corrected chi connectivity index (χ2v) is 5.49. The lowest BCUT2D eigenvalue weighted by Gasteiger charge is -2.26. The number of anilines is 1. The van der Waals surface area contributed by atoms with Gasteiger partial charge in [0.15, 0.2) is 0 Å². The molecule has 0 unspecified atom stereocenters. The van der Waals surface area contributed by atoms with Gasteiger partial charge in [-0.25, -0.2) is 0 Å². The second-order valence-electron chi connectivity index (χ2n) is 5.49. The number of nitrogens with two attached hydrogens (primary N) is 1. The van der Waals surface area contributed by atoms with Gasteiger partial charge in [0.2, 0.25) is 0 Å². The van der Waals surface area contributed by atoms with Crippen LogP contribution in [0.4, 0.5) is 5.69 Å². The van der Waals surface area contributed by atoms with Crippen LogP contribution in [0.1, 0.15) is 28.8 Å². The lowest BCUT2D eigenvalue weighted by atomic mass is 10.1. The highest BCUT2D eigenvalue weighted by atomic mass is 16.5. The fraction of sp³-hybridized carbons (Fsp3) is 0.562. The van der Waals surface area contributed by atoms with Gasteiger partial charge in [0, 0.05) is 30.9 Å². The molecule has 1 fully saturated rings. The van der Waals surface area contributed by atoms with E-state index in [9.17, 15) is 4.79 Å². The van der Waals surface area contributed by atoms with Gasteiger partial charge in [-0.2, -0.15) is 0 Å². The van der Waals surface area contributed by atoms with Gasteiger partial charge in [-0.1, -0.05) is 6.07 Å². The van der Waals surface area contributed by atoms with Crippen LogP contribution in [0.3, 0.4) is 0 Å². The van der Waals surface area contributed by atoms with Gasteiger partial charge in [0.05, 0.1) is 13.2 Å². The number of amides is 1. The molecule has 1 aromatic rings. The third kappa shape index (κ3) is 5.02. The van der Waals surface area contributed by atoms with Crippen LogP contribution in [0.5, 0.6) is 0 Å². The van der Waals surface area contributed by atoms with Gasteiger partial charge in [0.25, 0.3) is 5.91 Å². The number of nitrogen functional groups attached to an aromatic ring is 1. The van der Waals surface area contributed by atoms with Gasteiger partial charge in [-0.05, 0) is 44.0 Å². The minimum atomic E-state index is -0.0360. The standard InChI is InChI=1S/C16H25N3O2/c1-13-4-5-14(17)12-15(13)16(20)18-6-2-3-7-19-8-10-21-11-9-19/h4-5,12H,2-3,6-11,17H2,1H3,(H,18,20). The molecule has 0 aliphatic carbocycles. The molecule has 0 aromatic heterocycles. The Balaban J connectivity index is 1.66. The van der Waals surface area contributed by atoms with E-state index in [2.05, 4.69) is 10.2 Å². The van der Waals surface area contributed by atoms with Crippen molar-refractivity contribution in [2.24, 2.45) is 0 Å². The van der Waals surface area contributed by atoms with Crippen LogP contribution in [0.15, 0.2) is 18.2 Å². The van der Waals surface area contributed by atoms with E-state index in [1.165, 1.54) is 0 Å². The molecule has 0 spiro atoms. The molecule has 1 aliphatic rings. The quantitative estimate of drug-likeness (QED) is 0.614. The number of benzene rings is 1. The normalized spacial score (nSPS) is 15.9. The number of rotatable bonds is 6. The Morgan fingerprint density at radius 1 is 1.33 bits per heavy atom. The van der Waals surface area contributed by atoms with E-state index in [0.29, 0.717) is 17.8 Å². The summed E-state index contributed by atoms with van der Waals surface area (Å²) in [5, 5.41) is 2.97. The van der Waals surface area contributed by atoms with Gasteiger partial charge in [-0.3, -0.25) is 9.69 Å². The average molecular weight is 291 g/mol. The summed E-state index contributed by atoms with van der Waals surface area (Å²) in [7, 11) is 0. The number of ether oxygens (including phenoxy) is 1. The fourth-order valence-corrected chi connectivity index (χ4v) is 2.47. The smallest absolute Gasteiger partial charge is 0.251 e. The summed E-state index contributed by atoms with van der Waals surface area (Å²) in [6.45, 7) is 7.43. The largest absolute Gasteiger partial charge is 0.399 e. The maximum absolute atomic E-state index is 12.1. The number of hydrogen-bond donors (Lipinski definition) is 2. The molecule has 0 saturated carbocycles. The fourth-order valence-electron chi connectivity index (χ4n) is 2.47. The molecule has 21 heavy (non-hydrogen) atoms. The monoisotopic (exact) mass is 291 g/mol. The Morgan fingerprint density at radius 2 is 2.10 bits per heavy atom. The summed E-state index contributed by atoms with van der Waals surface area (Å²) in [5.41, 5.74) is 7.98. The van der Waals surface area contributed by atoms with Crippen LogP contribution in [-0.4, -0.2) is 50.2 Å². The molecule has 3 N–H and O–H groups in total. The van der Waals surface area contributed by atoms with Gasteiger partial charge < -0.3 is 15.8 Å². The van der Waals surface area contributed by atoms with Crippen molar-refractivity contribution in [1.82, 2.24) is 10.2 Å². The van der Waals surface area contributed by atoms with Crippen molar-refractivity contribution in [3.05, 3.63) is 29.3 Å². The van der Waals surface area contributed by atoms with Crippen molar-refractivity contribution in [1.29, 1.82) is 0 Å². The number of nitrogens with zero attached hydrogens (tertiary/aromatic N) is 1. The molecule has 1 heterocycles. The van der Waals surface area contributed by atoms with E-state index < -0.39 is 0 Å². The molecular formula is C16H25N3O2. The molecule has 5 heteroatoms. The summed E-state index contributed by atoms with van der Waals surface area (Å²) in [6, 6.07) is 5.43. The predicted molar refractivity (Wildman–Crippen MR) is 84.4 cm³/mol. The first-order valence-electron chi connectivity index (χ1n) is 7.61. The van der Waals surface area contributed by atoms with Gasteiger partial charge in [-0.15, -0.1) is 0 Å². The first kappa shape index (κ1) is 15.8. The highest BCUT2D eigenvalue weighted by molar-refractivity contribution is 5.96. The highest BCUT2D eigenvalue weighted by Crippen LogP contribution is 2.12. The predicted octanol–water partition coefficient (Wildman–Crippen LogP) is 1.42. The zero-order valence-corrected chi connectivity index (χ0v) is 12.7. The van der Waals surface area contributed by atoms with Crippen LogP contribution in [0, 0.1) is 6.92 Å². The average Bonchev–Trinajstić information content (AvgIpc) is 2.50. The number of unbranched alkanes of at least 4 members (excludes halogenated alkanes) is 1. The molecule has 116 valence electrons. The summed E-state index contributed by atoms with van der Waals surface area (Å²) in [6.07, 6.45) is 2.08. The molecule has 1 amide bonds. The Hall–Kier alpha value is -1.59. The minimum absolute atomic E-state index is 0.0360. The molecule has 0 bridgehead atoms. The molecule has 1 aliphatic heterocycles. The number of nitrogens with one attached hydrogen (secondary N) is 1. The third-order valence-corrected chi connectivity index (χ3v) is 3.80. The number of aryl methyl sites for hydroxylation is 1. The maximum atomic E-state index is 12.1. The van der Waals surface area contributed by atoms with E-state index in [4.69, 9.17) is 10.5 Å². The van der Waals surface area contributed by atoms with Crippen molar-refractivity contribution in [3.8, 4) is 0 Å². The molecule has 1 aromatic carbocycles. The van der Waals surface area contributed by atoms with Crippen molar-refractivity contribution >= 4 is 11.6 Å². The van der Waals surface area contributed by atoms with Crippen LogP contribution in [0.2, 0.25) is 0 Å². The second kappa shape index (κ2) is 8.00. The van der Waals surface area contributed by atoms with Crippen molar-refractivity contribution in [3.63, 3.8) is 0 Å². The number of hydrogen-bond acceptors (Lipinski definition) is 4. The molecule has 0 atom stereocenters. The first-order chi connectivity index (χ1) is 10.2. The lowest BCUT2D eigenvalue weighted by molar-refractivity contribution is 0.0372. The van der Waals surface area contributed by atoms with E-state index in [0.717, 1.165) is 51.3 Å². The molecule has 1 saturated heterocycles. The Morgan fingerprint density at radius 3 is 2.86 bits per heavy atom. The van der Waals surface area contributed by atoms with Gasteiger partial charge in [0.1, 0.15) is 0 Å². The van der Waals surface area contributed by atoms with E-state index in [-0.39, 0.29) is 5.91 Å². The lowest BCUT2D eigenvalue weighted by Crippen LogP contribution is -2.37. The Bertz CT molecular complexity index is 471. The summed E-state index contributed by atoms with van der Waals surface area (Å²) < 4.78 is 5.32. The van der Waals surface area contributed by atoms with Gasteiger partial charge >= 0.3 is 0 Å². The first-order valence-corrected chi connectivity index (χ1v) is 7.61. The van der Waals surface area contributed by atoms with Crippen molar-refractivity contribution in [2.45, 2.75) is 19.8 Å².